The molecule has 1 aromatic carbocycles. The molecule has 1 heterocycles. The highest BCUT2D eigenvalue weighted by molar-refractivity contribution is 9.10. The molecule has 0 radical (unpaired) electrons. The summed E-state index contributed by atoms with van der Waals surface area (Å²) in [5.74, 6) is -1.14. The van der Waals surface area contributed by atoms with Crippen LogP contribution in [0.2, 0.25) is 0 Å². The lowest BCUT2D eigenvalue weighted by atomic mass is 10.1. The van der Waals surface area contributed by atoms with Crippen molar-refractivity contribution in [3.05, 3.63) is 33.8 Å². The van der Waals surface area contributed by atoms with Gasteiger partial charge in [0.2, 0.25) is 0 Å². The van der Waals surface area contributed by atoms with Crippen LogP contribution >= 0.6 is 15.9 Å². The first-order valence-electron chi connectivity index (χ1n) is 5.81. The van der Waals surface area contributed by atoms with E-state index in [1.54, 1.807) is 12.1 Å². The van der Waals surface area contributed by atoms with Crippen molar-refractivity contribution in [2.45, 2.75) is 25.8 Å². The maximum atomic E-state index is 12.4. The van der Waals surface area contributed by atoms with Gasteiger partial charge in [-0.15, -0.1) is 0 Å². The maximum absolute atomic E-state index is 12.4. The number of halogens is 1. The molecule has 1 aliphatic heterocycles. The summed E-state index contributed by atoms with van der Waals surface area (Å²) in [5.41, 5.74) is 1.50. The zero-order valence-electron chi connectivity index (χ0n) is 10.0. The van der Waals surface area contributed by atoms with Gasteiger partial charge in [0, 0.05) is 11.0 Å². The standard InChI is InChI=1S/C13H14BrNO3/c1-8-4-2-5-9(11(8)14)12(16)15-7-3-6-10(15)13(17)18/h2,4-5,10H,3,6-7H2,1H3,(H,17,18)/t10-/m1/s1. The fourth-order valence-electron chi connectivity index (χ4n) is 2.23. The van der Waals surface area contributed by atoms with E-state index in [0.717, 1.165) is 16.5 Å². The van der Waals surface area contributed by atoms with E-state index in [-0.39, 0.29) is 5.91 Å². The number of aliphatic carboxylic acids is 1. The highest BCUT2D eigenvalue weighted by Gasteiger charge is 2.34. The minimum absolute atomic E-state index is 0.213. The number of nitrogens with zero attached hydrogens (tertiary/aromatic N) is 1. The summed E-state index contributed by atoms with van der Waals surface area (Å²) in [7, 11) is 0. The molecule has 4 nitrogen and oxygen atoms in total. The van der Waals surface area contributed by atoms with Gasteiger partial charge in [0.05, 0.1) is 5.56 Å². The number of carbonyl (C=O) groups excluding carboxylic acids is 1. The van der Waals surface area contributed by atoms with Crippen LogP contribution in [0, 0.1) is 6.92 Å². The number of hydrogen-bond donors (Lipinski definition) is 1. The summed E-state index contributed by atoms with van der Waals surface area (Å²) < 4.78 is 0.742. The van der Waals surface area contributed by atoms with E-state index in [0.29, 0.717) is 18.5 Å². The van der Waals surface area contributed by atoms with E-state index in [2.05, 4.69) is 15.9 Å². The van der Waals surface area contributed by atoms with E-state index in [1.165, 1.54) is 4.90 Å². The first-order valence-corrected chi connectivity index (χ1v) is 6.60. The molecule has 0 aliphatic carbocycles. The van der Waals surface area contributed by atoms with E-state index < -0.39 is 12.0 Å². The highest BCUT2D eigenvalue weighted by atomic mass is 79.9. The van der Waals surface area contributed by atoms with Crippen molar-refractivity contribution in [3.63, 3.8) is 0 Å². The van der Waals surface area contributed by atoms with Gasteiger partial charge in [0.25, 0.3) is 5.91 Å². The van der Waals surface area contributed by atoms with Crippen LogP contribution in [0.5, 0.6) is 0 Å². The Hall–Kier alpha value is -1.36. The number of carboxylic acids is 1. The molecule has 0 aromatic heterocycles. The molecule has 1 amide bonds. The van der Waals surface area contributed by atoms with Gasteiger partial charge < -0.3 is 10.0 Å². The highest BCUT2D eigenvalue weighted by Crippen LogP contribution is 2.26. The van der Waals surface area contributed by atoms with Gasteiger partial charge in [-0.2, -0.15) is 0 Å². The SMILES string of the molecule is Cc1cccc(C(=O)N2CCC[C@@H]2C(=O)O)c1Br. The number of likely N-dealkylation sites (tertiary alicyclic amines) is 1. The van der Waals surface area contributed by atoms with Crippen molar-refractivity contribution in [2.24, 2.45) is 0 Å². The Morgan fingerprint density at radius 3 is 2.83 bits per heavy atom. The Balaban J connectivity index is 2.31. The third kappa shape index (κ3) is 2.27. The van der Waals surface area contributed by atoms with Crippen LogP contribution in [0.15, 0.2) is 22.7 Å². The molecule has 1 aromatic rings. The van der Waals surface area contributed by atoms with Crippen molar-refractivity contribution in [1.29, 1.82) is 0 Å². The molecule has 18 heavy (non-hydrogen) atoms. The van der Waals surface area contributed by atoms with Crippen LogP contribution in [-0.4, -0.2) is 34.5 Å². The third-order valence-electron chi connectivity index (χ3n) is 3.22. The summed E-state index contributed by atoms with van der Waals surface area (Å²) >= 11 is 3.39. The number of hydrogen-bond acceptors (Lipinski definition) is 2. The number of rotatable bonds is 2. The Bertz CT molecular complexity index is 501. The summed E-state index contributed by atoms with van der Waals surface area (Å²) in [6, 6.07) is 4.74. The molecule has 96 valence electrons. The average molecular weight is 312 g/mol. The van der Waals surface area contributed by atoms with Gasteiger partial charge in [-0.3, -0.25) is 4.79 Å². The molecular formula is C13H14BrNO3. The van der Waals surface area contributed by atoms with Crippen LogP contribution < -0.4 is 0 Å². The van der Waals surface area contributed by atoms with E-state index in [4.69, 9.17) is 5.11 Å². The fraction of sp³-hybridized carbons (Fsp3) is 0.385. The normalized spacial score (nSPS) is 19.0. The second kappa shape index (κ2) is 5.10. The first kappa shape index (κ1) is 13.1. The van der Waals surface area contributed by atoms with Gasteiger partial charge in [0.15, 0.2) is 0 Å². The molecule has 1 aliphatic rings. The van der Waals surface area contributed by atoms with Crippen molar-refractivity contribution in [2.75, 3.05) is 6.54 Å². The average Bonchev–Trinajstić information content (AvgIpc) is 2.81. The lowest BCUT2D eigenvalue weighted by molar-refractivity contribution is -0.141. The molecular weight excluding hydrogens is 298 g/mol. The van der Waals surface area contributed by atoms with Crippen LogP contribution in [-0.2, 0) is 4.79 Å². The van der Waals surface area contributed by atoms with Crippen molar-refractivity contribution in [1.82, 2.24) is 4.90 Å². The fourth-order valence-corrected chi connectivity index (χ4v) is 2.67. The van der Waals surface area contributed by atoms with Crippen molar-refractivity contribution < 1.29 is 14.7 Å². The smallest absolute Gasteiger partial charge is 0.326 e. The summed E-state index contributed by atoms with van der Waals surface area (Å²) in [6.07, 6.45) is 1.27. The van der Waals surface area contributed by atoms with Gasteiger partial charge in [0.1, 0.15) is 6.04 Å². The lowest BCUT2D eigenvalue weighted by Crippen LogP contribution is -2.40. The van der Waals surface area contributed by atoms with Crippen LogP contribution in [0.25, 0.3) is 0 Å². The Morgan fingerprint density at radius 2 is 2.17 bits per heavy atom. The quantitative estimate of drug-likeness (QED) is 0.912. The topological polar surface area (TPSA) is 57.6 Å². The maximum Gasteiger partial charge on any atom is 0.326 e. The van der Waals surface area contributed by atoms with Gasteiger partial charge in [-0.25, -0.2) is 4.79 Å². The van der Waals surface area contributed by atoms with E-state index in [1.807, 2.05) is 13.0 Å². The van der Waals surface area contributed by atoms with Gasteiger partial charge in [-0.05, 0) is 47.3 Å². The molecule has 1 saturated heterocycles. The Morgan fingerprint density at radius 1 is 1.44 bits per heavy atom. The zero-order chi connectivity index (χ0) is 13.3. The molecule has 0 bridgehead atoms. The number of aryl methyl sites for hydroxylation is 1. The summed E-state index contributed by atoms with van der Waals surface area (Å²) in [6.45, 7) is 2.41. The third-order valence-corrected chi connectivity index (χ3v) is 4.27. The monoisotopic (exact) mass is 311 g/mol. The number of benzene rings is 1. The molecule has 0 unspecified atom stereocenters. The Kier molecular flexibility index (Phi) is 3.71. The lowest BCUT2D eigenvalue weighted by Gasteiger charge is -2.22. The Labute approximate surface area is 114 Å². The zero-order valence-corrected chi connectivity index (χ0v) is 11.6. The minimum atomic E-state index is -0.926. The molecule has 1 fully saturated rings. The molecule has 0 saturated carbocycles. The second-order valence-electron chi connectivity index (χ2n) is 4.43. The largest absolute Gasteiger partial charge is 0.480 e. The first-order chi connectivity index (χ1) is 8.52. The van der Waals surface area contributed by atoms with Gasteiger partial charge >= 0.3 is 5.97 Å². The number of amides is 1. The van der Waals surface area contributed by atoms with Crippen molar-refractivity contribution >= 4 is 27.8 Å². The number of carboxylic acid groups (broad SMARTS) is 1. The van der Waals surface area contributed by atoms with E-state index >= 15 is 0 Å². The second-order valence-corrected chi connectivity index (χ2v) is 5.22. The predicted octanol–water partition coefficient (Wildman–Crippen LogP) is 2.45. The predicted molar refractivity (Wildman–Crippen MR) is 70.6 cm³/mol. The molecule has 1 atom stereocenters. The minimum Gasteiger partial charge on any atom is -0.480 e. The molecule has 1 N–H and O–H groups in total. The van der Waals surface area contributed by atoms with Crippen LogP contribution in [0.3, 0.4) is 0 Å². The summed E-state index contributed by atoms with van der Waals surface area (Å²) in [4.78, 5) is 24.9. The van der Waals surface area contributed by atoms with Gasteiger partial charge in [-0.1, -0.05) is 12.1 Å². The summed E-state index contributed by atoms with van der Waals surface area (Å²) in [5, 5.41) is 9.10. The molecule has 0 spiro atoms. The van der Waals surface area contributed by atoms with Crippen LogP contribution in [0.4, 0.5) is 0 Å². The van der Waals surface area contributed by atoms with Crippen LogP contribution in [0.1, 0.15) is 28.8 Å². The van der Waals surface area contributed by atoms with Crippen molar-refractivity contribution in [3.8, 4) is 0 Å². The molecule has 2 rings (SSSR count). The molecule has 5 heteroatoms. The number of carbonyl (C=O) groups is 2. The van der Waals surface area contributed by atoms with E-state index in [9.17, 15) is 9.59 Å².